The molecule has 0 amide bonds. The van der Waals surface area contributed by atoms with Gasteiger partial charge in [-0.3, -0.25) is 9.78 Å². The number of carbonyl (C=O) groups is 1. The van der Waals surface area contributed by atoms with E-state index in [9.17, 15) is 4.79 Å². The van der Waals surface area contributed by atoms with Crippen LogP contribution in [0.25, 0.3) is 5.70 Å². The van der Waals surface area contributed by atoms with Crippen molar-refractivity contribution in [2.75, 3.05) is 50.7 Å². The van der Waals surface area contributed by atoms with Gasteiger partial charge in [-0.1, -0.05) is 0 Å². The highest BCUT2D eigenvalue weighted by Crippen LogP contribution is 2.33. The first-order valence-electron chi connectivity index (χ1n) is 9.08. The highest BCUT2D eigenvalue weighted by Gasteiger charge is 2.17. The number of aryl methyl sites for hydroxylation is 1. The Morgan fingerprint density at radius 2 is 1.80 bits per heavy atom. The Morgan fingerprint density at radius 3 is 2.30 bits per heavy atom. The molecule has 0 N–H and O–H groups in total. The van der Waals surface area contributed by atoms with Crippen LogP contribution in [0, 0.1) is 6.92 Å². The third-order valence-corrected chi connectivity index (χ3v) is 4.97. The van der Waals surface area contributed by atoms with Gasteiger partial charge >= 0.3 is 0 Å². The van der Waals surface area contributed by atoms with Crippen LogP contribution in [0.4, 0.5) is 11.4 Å². The maximum Gasteiger partial charge on any atom is 0.158 e. The summed E-state index contributed by atoms with van der Waals surface area (Å²) in [5, 5.41) is 0. The predicted octanol–water partition coefficient (Wildman–Crippen LogP) is 4.71. The van der Waals surface area contributed by atoms with Gasteiger partial charge in [0.15, 0.2) is 6.29 Å². The van der Waals surface area contributed by atoms with Crippen molar-refractivity contribution in [1.29, 1.82) is 0 Å². The number of ether oxygens (including phenoxy) is 1. The van der Waals surface area contributed by atoms with E-state index < -0.39 is 0 Å². The fourth-order valence-corrected chi connectivity index (χ4v) is 3.14. The van der Waals surface area contributed by atoms with Crippen LogP contribution in [0.5, 0.6) is 5.75 Å². The lowest BCUT2D eigenvalue weighted by molar-refractivity contribution is -0.104. The number of aliphatic imine (C=N–C) groups is 1. The molecule has 0 spiro atoms. The minimum Gasteiger partial charge on any atom is -0.497 e. The van der Waals surface area contributed by atoms with E-state index in [-0.39, 0.29) is 0 Å². The molecular weight excluding hydrogens is 420 g/mol. The molecule has 2 rings (SSSR count). The van der Waals surface area contributed by atoms with E-state index in [1.54, 1.807) is 19.6 Å². The van der Waals surface area contributed by atoms with Crippen LogP contribution in [0.3, 0.4) is 0 Å². The number of hydrogen-bond acceptors (Lipinski definition) is 6. The van der Waals surface area contributed by atoms with Crippen molar-refractivity contribution in [2.24, 2.45) is 4.99 Å². The van der Waals surface area contributed by atoms with Gasteiger partial charge in [-0.15, -0.1) is 23.4 Å². The number of carbonyl (C=O) groups excluding carboxylic acids is 1. The zero-order valence-electron chi connectivity index (χ0n) is 18.5. The minimum absolute atomic E-state index is 0.554. The molecule has 0 aliphatic rings. The number of pyridine rings is 1. The number of halogens is 1. The molecule has 6 nitrogen and oxygen atoms in total. The average molecular weight is 449 g/mol. The van der Waals surface area contributed by atoms with Crippen molar-refractivity contribution in [1.82, 2.24) is 4.98 Å². The quantitative estimate of drug-likeness (QED) is 0.191. The normalized spacial score (nSPS) is 11.3. The molecule has 0 bridgehead atoms. The lowest BCUT2D eigenvalue weighted by atomic mass is 10.1. The summed E-state index contributed by atoms with van der Waals surface area (Å²) in [7, 11) is 7.47. The van der Waals surface area contributed by atoms with Crippen molar-refractivity contribution < 1.29 is 9.53 Å². The summed E-state index contributed by atoms with van der Waals surface area (Å²) >= 11 is 6.01. The average Bonchev–Trinajstić information content (AvgIpc) is 2.78. The Morgan fingerprint density at radius 1 is 1.17 bits per heavy atom. The number of anilines is 2. The van der Waals surface area contributed by atoms with E-state index in [0.717, 1.165) is 34.7 Å². The summed E-state index contributed by atoms with van der Waals surface area (Å²) < 4.78 is 5.20. The number of rotatable bonds is 8. The highest BCUT2D eigenvalue weighted by atomic mass is 35.5. The molecule has 0 saturated carbocycles. The van der Waals surface area contributed by atoms with Crippen LogP contribution in [0.2, 0.25) is 0 Å². The number of aldehydes is 1. The van der Waals surface area contributed by atoms with Gasteiger partial charge in [0.05, 0.1) is 24.1 Å². The standard InChI is InChI=1S/C21H26N4O2S.CH3Cl/c1-15-20(18(24(2)3)11-12-22-15)21(19(13-26)28-6)23-14-25(4)16-7-9-17(27-5)10-8-16;1-2/h7-14H,1-6H3;1H3/b21-19+,23-14?;. The van der Waals surface area contributed by atoms with E-state index in [1.807, 2.05) is 74.5 Å². The first-order chi connectivity index (χ1) is 14.4. The fraction of sp³-hybridized carbons (Fsp3) is 0.318. The van der Waals surface area contributed by atoms with Gasteiger partial charge in [-0.25, -0.2) is 4.99 Å². The third kappa shape index (κ3) is 6.50. The van der Waals surface area contributed by atoms with Gasteiger partial charge in [-0.2, -0.15) is 0 Å². The van der Waals surface area contributed by atoms with Crippen LogP contribution >= 0.6 is 23.4 Å². The topological polar surface area (TPSA) is 58.0 Å². The van der Waals surface area contributed by atoms with Gasteiger partial charge in [-0.05, 0) is 43.5 Å². The molecule has 162 valence electrons. The summed E-state index contributed by atoms with van der Waals surface area (Å²) in [6.07, 6.45) is 7.66. The first kappa shape index (κ1) is 25.5. The van der Waals surface area contributed by atoms with Crippen molar-refractivity contribution in [3.63, 3.8) is 0 Å². The second-order valence-corrected chi connectivity index (χ2v) is 7.12. The number of nitrogens with zero attached hydrogens (tertiary/aromatic N) is 4. The summed E-state index contributed by atoms with van der Waals surface area (Å²) in [5.41, 5.74) is 4.19. The predicted molar refractivity (Wildman–Crippen MR) is 131 cm³/mol. The van der Waals surface area contributed by atoms with Gasteiger partial charge in [0, 0.05) is 56.4 Å². The molecule has 0 saturated heterocycles. The molecule has 8 heteroatoms. The summed E-state index contributed by atoms with van der Waals surface area (Å²) in [6, 6.07) is 9.61. The lowest BCUT2D eigenvalue weighted by Crippen LogP contribution is -2.15. The fourth-order valence-electron chi connectivity index (χ4n) is 2.70. The molecule has 30 heavy (non-hydrogen) atoms. The minimum atomic E-state index is 0.554. The van der Waals surface area contributed by atoms with Crippen LogP contribution in [0.1, 0.15) is 11.3 Å². The number of alkyl halides is 1. The Balaban J connectivity index is 0.00000218. The van der Waals surface area contributed by atoms with Crippen LogP contribution < -0.4 is 14.5 Å². The van der Waals surface area contributed by atoms with E-state index in [1.165, 1.54) is 18.1 Å². The van der Waals surface area contributed by atoms with E-state index in [0.29, 0.717) is 10.6 Å². The SMILES string of the molecule is CCl.COc1ccc(N(C)C=N/C(=C(\C=O)SC)c2c(N(C)C)ccnc2C)cc1. The number of hydrogen-bond donors (Lipinski definition) is 0. The van der Waals surface area contributed by atoms with E-state index in [4.69, 9.17) is 4.74 Å². The molecule has 1 heterocycles. The van der Waals surface area contributed by atoms with E-state index >= 15 is 0 Å². The van der Waals surface area contributed by atoms with Crippen molar-refractivity contribution in [2.45, 2.75) is 6.92 Å². The molecule has 0 unspecified atom stereocenters. The molecule has 0 fully saturated rings. The second kappa shape index (κ2) is 12.9. The first-order valence-corrected chi connectivity index (χ1v) is 11.1. The Bertz CT molecular complexity index is 883. The maximum atomic E-state index is 11.7. The van der Waals surface area contributed by atoms with Gasteiger partial charge in [0.1, 0.15) is 5.75 Å². The molecule has 2 aromatic rings. The zero-order chi connectivity index (χ0) is 22.7. The van der Waals surface area contributed by atoms with Crippen molar-refractivity contribution in [3.05, 3.63) is 52.7 Å². The molecule has 0 radical (unpaired) electrons. The van der Waals surface area contributed by atoms with Crippen LogP contribution in [-0.2, 0) is 4.79 Å². The van der Waals surface area contributed by atoms with Crippen molar-refractivity contribution in [3.8, 4) is 5.75 Å². The Labute approximate surface area is 188 Å². The number of aromatic nitrogens is 1. The molecule has 0 atom stereocenters. The number of thioether (sulfide) groups is 1. The maximum absolute atomic E-state index is 11.7. The molecular formula is C22H29ClN4O2S. The lowest BCUT2D eigenvalue weighted by Gasteiger charge is -2.20. The molecule has 1 aromatic carbocycles. The van der Waals surface area contributed by atoms with E-state index in [2.05, 4.69) is 21.6 Å². The van der Waals surface area contributed by atoms with Gasteiger partial charge in [0.2, 0.25) is 0 Å². The highest BCUT2D eigenvalue weighted by molar-refractivity contribution is 8.03. The third-order valence-electron chi connectivity index (χ3n) is 4.24. The summed E-state index contributed by atoms with van der Waals surface area (Å²) in [4.78, 5) is 25.3. The monoisotopic (exact) mass is 448 g/mol. The molecule has 0 aliphatic heterocycles. The molecule has 1 aromatic heterocycles. The summed E-state index contributed by atoms with van der Waals surface area (Å²) in [6.45, 7) is 1.92. The molecule has 0 aliphatic carbocycles. The second-order valence-electron chi connectivity index (χ2n) is 6.27. The number of methoxy groups -OCH3 is 1. The van der Waals surface area contributed by atoms with Crippen LogP contribution in [-0.4, -0.2) is 58.5 Å². The zero-order valence-corrected chi connectivity index (χ0v) is 20.1. The van der Waals surface area contributed by atoms with Crippen LogP contribution in [0.15, 0.2) is 46.4 Å². The smallest absolute Gasteiger partial charge is 0.158 e. The number of benzene rings is 1. The van der Waals surface area contributed by atoms with Gasteiger partial charge < -0.3 is 14.5 Å². The Kier molecular flexibility index (Phi) is 11.0. The van der Waals surface area contributed by atoms with Gasteiger partial charge in [0.25, 0.3) is 0 Å². The largest absolute Gasteiger partial charge is 0.497 e. The number of allylic oxidation sites excluding steroid dienone is 1. The summed E-state index contributed by atoms with van der Waals surface area (Å²) in [5.74, 6) is 0.793. The Hall–Kier alpha value is -2.51. The van der Waals surface area contributed by atoms with Crippen molar-refractivity contribution >= 4 is 53.1 Å².